The number of esters is 1. The molecule has 110 valence electrons. The van der Waals surface area contributed by atoms with Crippen LogP contribution in [0.3, 0.4) is 0 Å². The molecule has 2 aliphatic rings. The molecule has 7 nitrogen and oxygen atoms in total. The van der Waals surface area contributed by atoms with Crippen LogP contribution in [0.2, 0.25) is 0 Å². The lowest BCUT2D eigenvalue weighted by Gasteiger charge is -2.43. The molecule has 2 rings (SSSR count). The van der Waals surface area contributed by atoms with E-state index in [0.717, 1.165) is 0 Å². The Morgan fingerprint density at radius 2 is 2.05 bits per heavy atom. The maximum Gasteiger partial charge on any atom is 0.338 e. The van der Waals surface area contributed by atoms with E-state index in [1.54, 1.807) is 20.8 Å². The van der Waals surface area contributed by atoms with Gasteiger partial charge in [0.05, 0.1) is 6.61 Å². The summed E-state index contributed by atoms with van der Waals surface area (Å²) >= 11 is 0. The fourth-order valence-electron chi connectivity index (χ4n) is 2.45. The first-order valence-corrected chi connectivity index (χ1v) is 6.36. The van der Waals surface area contributed by atoms with Crippen molar-refractivity contribution in [3.63, 3.8) is 0 Å². The van der Waals surface area contributed by atoms with Gasteiger partial charge in [-0.15, -0.1) is 0 Å². The fourth-order valence-corrected chi connectivity index (χ4v) is 2.45. The highest BCUT2D eigenvalue weighted by Crippen LogP contribution is 2.37. The summed E-state index contributed by atoms with van der Waals surface area (Å²) in [7, 11) is 0. The minimum atomic E-state index is -1.15. The summed E-state index contributed by atoms with van der Waals surface area (Å²) in [6.45, 7) is 4.98. The number of carbonyl (C=O) groups is 1. The van der Waals surface area contributed by atoms with Crippen molar-refractivity contribution in [2.45, 2.75) is 57.1 Å². The van der Waals surface area contributed by atoms with E-state index in [2.05, 4.69) is 0 Å². The number of ether oxygens (including phenoxy) is 4. The zero-order chi connectivity index (χ0) is 14.2. The highest BCUT2D eigenvalue weighted by Gasteiger charge is 2.57. The molecule has 0 aromatic heterocycles. The van der Waals surface area contributed by atoms with Gasteiger partial charge in [-0.3, -0.25) is 0 Å². The molecule has 19 heavy (non-hydrogen) atoms. The maximum atomic E-state index is 11.8. The Morgan fingerprint density at radius 1 is 1.37 bits per heavy atom. The van der Waals surface area contributed by atoms with E-state index in [9.17, 15) is 9.90 Å². The SMILES string of the molecule is CCOC1C(=O)OC2C1OC(C)(C)OC2[C@H](O)CO. The van der Waals surface area contributed by atoms with Crippen LogP contribution in [0.15, 0.2) is 0 Å². The summed E-state index contributed by atoms with van der Waals surface area (Å²) in [5, 5.41) is 18.9. The molecule has 4 unspecified atom stereocenters. The zero-order valence-electron chi connectivity index (χ0n) is 11.2. The van der Waals surface area contributed by atoms with Crippen molar-refractivity contribution < 1.29 is 34.0 Å². The topological polar surface area (TPSA) is 94.5 Å². The van der Waals surface area contributed by atoms with Crippen LogP contribution in [0.1, 0.15) is 20.8 Å². The molecule has 2 saturated heterocycles. The van der Waals surface area contributed by atoms with Gasteiger partial charge in [-0.25, -0.2) is 4.79 Å². The van der Waals surface area contributed by atoms with E-state index in [0.29, 0.717) is 6.61 Å². The Labute approximate surface area is 111 Å². The summed E-state index contributed by atoms with van der Waals surface area (Å²) in [6, 6.07) is 0. The second-order valence-electron chi connectivity index (χ2n) is 5.09. The van der Waals surface area contributed by atoms with Crippen molar-refractivity contribution in [1.29, 1.82) is 0 Å². The zero-order valence-corrected chi connectivity index (χ0v) is 11.2. The lowest BCUT2D eigenvalue weighted by Crippen LogP contribution is -2.59. The largest absolute Gasteiger partial charge is 0.455 e. The Balaban J connectivity index is 2.23. The van der Waals surface area contributed by atoms with Crippen molar-refractivity contribution in [2.75, 3.05) is 13.2 Å². The van der Waals surface area contributed by atoms with Gasteiger partial charge in [0.2, 0.25) is 0 Å². The molecule has 2 heterocycles. The quantitative estimate of drug-likeness (QED) is 0.648. The minimum Gasteiger partial charge on any atom is -0.455 e. The second kappa shape index (κ2) is 5.34. The van der Waals surface area contributed by atoms with Gasteiger partial charge in [0.1, 0.15) is 18.3 Å². The van der Waals surface area contributed by atoms with Gasteiger partial charge in [0.15, 0.2) is 18.0 Å². The van der Waals surface area contributed by atoms with Crippen molar-refractivity contribution in [1.82, 2.24) is 0 Å². The average molecular weight is 276 g/mol. The molecule has 7 heteroatoms. The van der Waals surface area contributed by atoms with Crippen molar-refractivity contribution in [3.8, 4) is 0 Å². The molecule has 5 atom stereocenters. The molecular formula is C12H20O7. The van der Waals surface area contributed by atoms with E-state index in [1.165, 1.54) is 0 Å². The van der Waals surface area contributed by atoms with Crippen LogP contribution >= 0.6 is 0 Å². The molecule has 0 aromatic carbocycles. The van der Waals surface area contributed by atoms with E-state index in [4.69, 9.17) is 24.1 Å². The number of aliphatic hydroxyl groups excluding tert-OH is 2. The Morgan fingerprint density at radius 3 is 2.63 bits per heavy atom. The molecule has 0 aromatic rings. The number of rotatable bonds is 4. The second-order valence-corrected chi connectivity index (χ2v) is 5.09. The smallest absolute Gasteiger partial charge is 0.338 e. The predicted molar refractivity (Wildman–Crippen MR) is 62.2 cm³/mol. The monoisotopic (exact) mass is 276 g/mol. The molecule has 0 bridgehead atoms. The van der Waals surface area contributed by atoms with Crippen LogP contribution in [0.25, 0.3) is 0 Å². The third-order valence-corrected chi connectivity index (χ3v) is 3.18. The summed E-state index contributed by atoms with van der Waals surface area (Å²) < 4.78 is 21.7. The lowest BCUT2D eigenvalue weighted by atomic mass is 9.99. The summed E-state index contributed by atoms with van der Waals surface area (Å²) in [4.78, 5) is 11.8. The first-order chi connectivity index (χ1) is 8.89. The van der Waals surface area contributed by atoms with E-state index < -0.39 is 48.9 Å². The number of hydrogen-bond donors (Lipinski definition) is 2. The highest BCUT2D eigenvalue weighted by atomic mass is 16.8. The molecular weight excluding hydrogens is 256 g/mol. The molecule has 0 aliphatic carbocycles. The Kier molecular flexibility index (Phi) is 4.12. The number of aliphatic hydroxyl groups is 2. The lowest BCUT2D eigenvalue weighted by molar-refractivity contribution is -0.342. The third kappa shape index (κ3) is 2.75. The van der Waals surface area contributed by atoms with Gasteiger partial charge in [0, 0.05) is 6.61 Å². The predicted octanol–water partition coefficient (Wildman–Crippen LogP) is -0.810. The number of hydrogen-bond acceptors (Lipinski definition) is 7. The number of carbonyl (C=O) groups excluding carboxylic acids is 1. The highest BCUT2D eigenvalue weighted by molar-refractivity contribution is 5.78. The summed E-state index contributed by atoms with van der Waals surface area (Å²) in [5.41, 5.74) is 0. The van der Waals surface area contributed by atoms with Gasteiger partial charge >= 0.3 is 5.97 Å². The summed E-state index contributed by atoms with van der Waals surface area (Å²) in [6.07, 6.45) is -4.25. The van der Waals surface area contributed by atoms with Crippen LogP contribution in [0.4, 0.5) is 0 Å². The van der Waals surface area contributed by atoms with Crippen molar-refractivity contribution in [2.24, 2.45) is 0 Å². The molecule has 0 amide bonds. The molecule has 0 radical (unpaired) electrons. The van der Waals surface area contributed by atoms with E-state index in [1.807, 2.05) is 0 Å². The first kappa shape index (κ1) is 14.7. The molecule has 0 spiro atoms. The first-order valence-electron chi connectivity index (χ1n) is 6.36. The normalized spacial score (nSPS) is 38.7. The van der Waals surface area contributed by atoms with Gasteiger partial charge in [0.25, 0.3) is 0 Å². The van der Waals surface area contributed by atoms with Crippen LogP contribution in [-0.2, 0) is 23.7 Å². The maximum absolute atomic E-state index is 11.8. The average Bonchev–Trinajstić information content (AvgIpc) is 2.64. The van der Waals surface area contributed by atoms with Gasteiger partial charge < -0.3 is 29.2 Å². The number of fused-ring (bicyclic) bond motifs is 1. The molecule has 2 fully saturated rings. The van der Waals surface area contributed by atoms with Crippen molar-refractivity contribution >= 4 is 5.97 Å². The van der Waals surface area contributed by atoms with Crippen molar-refractivity contribution in [3.05, 3.63) is 0 Å². The molecule has 2 aliphatic heterocycles. The standard InChI is InChI=1S/C12H20O7/c1-4-16-10-9-8(17-11(10)15)7(6(14)5-13)18-12(2,3)19-9/h6-10,13-14H,4-5H2,1-3H3/t6-,7?,8?,9?,10?/m1/s1. The summed E-state index contributed by atoms with van der Waals surface area (Å²) in [5.74, 6) is -1.53. The minimum absolute atomic E-state index is 0.348. The Hall–Kier alpha value is -0.730. The van der Waals surface area contributed by atoms with Crippen LogP contribution in [0, 0.1) is 0 Å². The molecule has 2 N–H and O–H groups in total. The van der Waals surface area contributed by atoms with E-state index in [-0.39, 0.29) is 0 Å². The van der Waals surface area contributed by atoms with Gasteiger partial charge in [-0.1, -0.05) is 0 Å². The van der Waals surface area contributed by atoms with Gasteiger partial charge in [-0.2, -0.15) is 0 Å². The van der Waals surface area contributed by atoms with Crippen LogP contribution in [0.5, 0.6) is 0 Å². The fraction of sp³-hybridized carbons (Fsp3) is 0.917. The van der Waals surface area contributed by atoms with E-state index >= 15 is 0 Å². The van der Waals surface area contributed by atoms with Crippen LogP contribution < -0.4 is 0 Å². The Bertz CT molecular complexity index is 343. The third-order valence-electron chi connectivity index (χ3n) is 3.18. The van der Waals surface area contributed by atoms with Crippen LogP contribution in [-0.4, -0.2) is 65.7 Å². The van der Waals surface area contributed by atoms with Gasteiger partial charge in [-0.05, 0) is 20.8 Å². The molecule has 0 saturated carbocycles.